The topological polar surface area (TPSA) is 30.0 Å². The van der Waals surface area contributed by atoms with Crippen LogP contribution in [0.3, 0.4) is 0 Å². The molecule has 0 radical (unpaired) electrons. The number of hydrogen-bond donors (Lipinski definition) is 0. The first-order valence-electron chi connectivity index (χ1n) is 4.43. The highest BCUT2D eigenvalue weighted by Crippen LogP contribution is 2.23. The monoisotopic (exact) mass is 281 g/mol. The molecule has 0 bridgehead atoms. The standard InChI is InChI=1S/C11H8BrNOS/c12-11-4-3-9(15-11)6-10(14)8-2-1-5-13-7-8/h1-5,7H,6H2. The Morgan fingerprint density at radius 3 is 2.87 bits per heavy atom. The van der Waals surface area contributed by atoms with Gasteiger partial charge >= 0.3 is 0 Å². The molecule has 76 valence electrons. The SMILES string of the molecule is O=C(Cc1ccc(Br)s1)c1cccnc1. The van der Waals surface area contributed by atoms with Crippen LogP contribution < -0.4 is 0 Å². The number of carbonyl (C=O) groups excluding carboxylic acids is 1. The maximum atomic E-state index is 11.8. The first-order chi connectivity index (χ1) is 7.25. The van der Waals surface area contributed by atoms with Crippen LogP contribution in [0.1, 0.15) is 15.2 Å². The van der Waals surface area contributed by atoms with Gasteiger partial charge in [-0.3, -0.25) is 9.78 Å². The van der Waals surface area contributed by atoms with Crippen LogP contribution in [0.2, 0.25) is 0 Å². The van der Waals surface area contributed by atoms with Crippen LogP contribution in [-0.2, 0) is 6.42 Å². The van der Waals surface area contributed by atoms with Crippen LogP contribution in [-0.4, -0.2) is 10.8 Å². The molecule has 0 spiro atoms. The number of carbonyl (C=O) groups is 1. The zero-order valence-corrected chi connectivity index (χ0v) is 10.2. The molecule has 15 heavy (non-hydrogen) atoms. The van der Waals surface area contributed by atoms with Gasteiger partial charge in [-0.25, -0.2) is 0 Å². The number of Topliss-reactive ketones (excluding diaryl/α,β-unsaturated/α-hetero) is 1. The van der Waals surface area contributed by atoms with Gasteiger partial charge in [-0.15, -0.1) is 11.3 Å². The number of thiophene rings is 1. The van der Waals surface area contributed by atoms with Gasteiger partial charge in [0.25, 0.3) is 0 Å². The van der Waals surface area contributed by atoms with Gasteiger partial charge in [-0.2, -0.15) is 0 Å². The van der Waals surface area contributed by atoms with E-state index in [1.54, 1.807) is 35.9 Å². The van der Waals surface area contributed by atoms with E-state index >= 15 is 0 Å². The molecule has 2 heterocycles. The molecule has 0 aliphatic heterocycles. The summed E-state index contributed by atoms with van der Waals surface area (Å²) in [6, 6.07) is 7.48. The summed E-state index contributed by atoms with van der Waals surface area (Å²) >= 11 is 4.96. The Labute approximate surface area is 100 Å². The molecule has 0 aliphatic carbocycles. The van der Waals surface area contributed by atoms with Crippen LogP contribution in [0.5, 0.6) is 0 Å². The lowest BCUT2D eigenvalue weighted by molar-refractivity contribution is 0.0993. The van der Waals surface area contributed by atoms with E-state index < -0.39 is 0 Å². The van der Waals surface area contributed by atoms with E-state index in [1.807, 2.05) is 12.1 Å². The van der Waals surface area contributed by atoms with Crippen molar-refractivity contribution in [2.24, 2.45) is 0 Å². The number of hydrogen-bond acceptors (Lipinski definition) is 3. The first-order valence-corrected chi connectivity index (χ1v) is 6.04. The summed E-state index contributed by atoms with van der Waals surface area (Å²) in [6.45, 7) is 0. The maximum Gasteiger partial charge on any atom is 0.169 e. The number of halogens is 1. The van der Waals surface area contributed by atoms with Gasteiger partial charge in [-0.05, 0) is 40.2 Å². The highest BCUT2D eigenvalue weighted by atomic mass is 79.9. The summed E-state index contributed by atoms with van der Waals surface area (Å²) in [6.07, 6.45) is 3.71. The van der Waals surface area contributed by atoms with Crippen molar-refractivity contribution >= 4 is 33.0 Å². The lowest BCUT2D eigenvalue weighted by Gasteiger charge is -1.97. The number of pyridine rings is 1. The maximum absolute atomic E-state index is 11.8. The van der Waals surface area contributed by atoms with E-state index in [9.17, 15) is 4.79 Å². The Bertz CT molecular complexity index is 466. The minimum atomic E-state index is 0.109. The molecule has 4 heteroatoms. The smallest absolute Gasteiger partial charge is 0.169 e. The normalized spacial score (nSPS) is 10.2. The third kappa shape index (κ3) is 2.73. The third-order valence-corrected chi connectivity index (χ3v) is 3.57. The van der Waals surface area contributed by atoms with E-state index in [-0.39, 0.29) is 5.78 Å². The third-order valence-electron chi connectivity index (χ3n) is 1.95. The molecule has 0 fully saturated rings. The second kappa shape index (κ2) is 4.68. The number of ketones is 1. The van der Waals surface area contributed by atoms with Crippen molar-refractivity contribution in [1.82, 2.24) is 4.98 Å². The second-order valence-corrected chi connectivity index (χ2v) is 5.60. The predicted octanol–water partition coefficient (Wildman–Crippen LogP) is 3.33. The van der Waals surface area contributed by atoms with Crippen molar-refractivity contribution in [1.29, 1.82) is 0 Å². The Kier molecular flexibility index (Phi) is 3.28. The number of rotatable bonds is 3. The van der Waals surface area contributed by atoms with E-state index in [0.717, 1.165) is 8.66 Å². The Hall–Kier alpha value is -1.00. The molecule has 0 atom stereocenters. The number of nitrogens with zero attached hydrogens (tertiary/aromatic N) is 1. The fourth-order valence-electron chi connectivity index (χ4n) is 1.23. The van der Waals surface area contributed by atoms with Gasteiger partial charge in [-0.1, -0.05) is 0 Å². The average Bonchev–Trinajstić information content (AvgIpc) is 2.65. The fourth-order valence-corrected chi connectivity index (χ4v) is 2.72. The highest BCUT2D eigenvalue weighted by molar-refractivity contribution is 9.11. The Morgan fingerprint density at radius 2 is 2.27 bits per heavy atom. The molecule has 0 amide bonds. The van der Waals surface area contributed by atoms with Gasteiger partial charge in [0.2, 0.25) is 0 Å². The molecule has 0 saturated carbocycles. The molecule has 0 N–H and O–H groups in total. The molecule has 0 saturated heterocycles. The summed E-state index contributed by atoms with van der Waals surface area (Å²) < 4.78 is 1.05. The van der Waals surface area contributed by atoms with Crippen molar-refractivity contribution in [2.75, 3.05) is 0 Å². The summed E-state index contributed by atoms with van der Waals surface area (Å²) in [5, 5.41) is 0. The van der Waals surface area contributed by atoms with E-state index in [0.29, 0.717) is 12.0 Å². The van der Waals surface area contributed by atoms with Gasteiger partial charge in [0.15, 0.2) is 5.78 Å². The highest BCUT2D eigenvalue weighted by Gasteiger charge is 2.08. The molecular weight excluding hydrogens is 274 g/mol. The fraction of sp³-hybridized carbons (Fsp3) is 0.0909. The van der Waals surface area contributed by atoms with Crippen molar-refractivity contribution in [3.05, 3.63) is 50.9 Å². The van der Waals surface area contributed by atoms with E-state index in [2.05, 4.69) is 20.9 Å². The molecule has 2 nitrogen and oxygen atoms in total. The summed E-state index contributed by atoms with van der Waals surface area (Å²) in [5.41, 5.74) is 0.669. The van der Waals surface area contributed by atoms with Gasteiger partial charge in [0.1, 0.15) is 0 Å². The molecule has 2 aromatic rings. The molecule has 2 rings (SSSR count). The van der Waals surface area contributed by atoms with Crippen LogP contribution in [0.4, 0.5) is 0 Å². The quantitative estimate of drug-likeness (QED) is 0.808. The Morgan fingerprint density at radius 1 is 1.40 bits per heavy atom. The molecule has 0 unspecified atom stereocenters. The van der Waals surface area contributed by atoms with E-state index in [1.165, 1.54) is 0 Å². The molecule has 2 aromatic heterocycles. The van der Waals surface area contributed by atoms with Crippen molar-refractivity contribution < 1.29 is 4.79 Å². The largest absolute Gasteiger partial charge is 0.294 e. The first kappa shape index (κ1) is 10.5. The number of aromatic nitrogens is 1. The zero-order chi connectivity index (χ0) is 10.7. The zero-order valence-electron chi connectivity index (χ0n) is 7.81. The lowest BCUT2D eigenvalue weighted by Crippen LogP contribution is -2.02. The summed E-state index contributed by atoms with van der Waals surface area (Å²) in [7, 11) is 0. The van der Waals surface area contributed by atoms with Gasteiger partial charge in [0.05, 0.1) is 3.79 Å². The van der Waals surface area contributed by atoms with Crippen LogP contribution in [0.15, 0.2) is 40.4 Å². The van der Waals surface area contributed by atoms with Crippen molar-refractivity contribution in [2.45, 2.75) is 6.42 Å². The van der Waals surface area contributed by atoms with Gasteiger partial charge in [0, 0.05) is 29.3 Å². The molecular formula is C11H8BrNOS. The lowest BCUT2D eigenvalue weighted by atomic mass is 10.1. The van der Waals surface area contributed by atoms with Crippen molar-refractivity contribution in [3.63, 3.8) is 0 Å². The minimum absolute atomic E-state index is 0.109. The van der Waals surface area contributed by atoms with Crippen molar-refractivity contribution in [3.8, 4) is 0 Å². The average molecular weight is 282 g/mol. The van der Waals surface area contributed by atoms with Gasteiger partial charge < -0.3 is 0 Å². The Balaban J connectivity index is 2.11. The molecule has 0 aliphatic rings. The predicted molar refractivity (Wildman–Crippen MR) is 64.3 cm³/mol. The summed E-state index contributed by atoms with van der Waals surface area (Å²) in [5.74, 6) is 0.109. The van der Waals surface area contributed by atoms with E-state index in [4.69, 9.17) is 0 Å². The second-order valence-electron chi connectivity index (χ2n) is 3.05. The van der Waals surface area contributed by atoms with Crippen LogP contribution >= 0.6 is 27.3 Å². The summed E-state index contributed by atoms with van der Waals surface area (Å²) in [4.78, 5) is 16.8. The van der Waals surface area contributed by atoms with Crippen LogP contribution in [0, 0.1) is 0 Å². The van der Waals surface area contributed by atoms with Crippen LogP contribution in [0.25, 0.3) is 0 Å². The molecule has 0 aromatic carbocycles. The minimum Gasteiger partial charge on any atom is -0.294 e.